The van der Waals surface area contributed by atoms with E-state index in [1.807, 2.05) is 13.8 Å². The third-order valence-corrected chi connectivity index (χ3v) is 23.9. The fraction of sp³-hybridized carbons (Fsp3) is 1.00. The third-order valence-electron chi connectivity index (χ3n) is 3.60. The average Bonchev–Trinajstić information content (AvgIpc) is 2.38. The molecule has 0 aromatic rings. The van der Waals surface area contributed by atoms with Crippen LogP contribution in [0.3, 0.4) is 0 Å². The van der Waals surface area contributed by atoms with Gasteiger partial charge in [0.1, 0.15) is 0 Å². The monoisotopic (exact) mass is 515 g/mol. The van der Waals surface area contributed by atoms with E-state index in [1.165, 1.54) is 0 Å². The lowest BCUT2D eigenvalue weighted by Crippen LogP contribution is -2.58. The predicted molar refractivity (Wildman–Crippen MR) is 136 cm³/mol. The van der Waals surface area contributed by atoms with Crippen molar-refractivity contribution in [2.45, 2.75) is 98.0 Å². The van der Waals surface area contributed by atoms with Crippen LogP contribution in [0.1, 0.15) is 13.8 Å². The maximum Gasteiger partial charge on any atom is 0.384 e. The molecular weight excluding hydrogens is 469 g/mol. The molecule has 29 heavy (non-hydrogen) atoms. The largest absolute Gasteiger partial charge is 0.437 e. The molecule has 0 aliphatic rings. The Hall–Kier alpha value is 1.06. The van der Waals surface area contributed by atoms with Gasteiger partial charge in [-0.3, -0.25) is 0 Å². The van der Waals surface area contributed by atoms with Gasteiger partial charge < -0.3 is 25.3 Å². The summed E-state index contributed by atoms with van der Waals surface area (Å²) in [7, 11) is -11.7. The van der Waals surface area contributed by atoms with Crippen LogP contribution in [0, 0.1) is 0 Å². The van der Waals surface area contributed by atoms with Crippen molar-refractivity contribution in [3.05, 3.63) is 0 Å². The average molecular weight is 516 g/mol. The molecule has 0 N–H and O–H groups in total. The summed E-state index contributed by atoms with van der Waals surface area (Å²) in [6, 6.07) is 1.97. The Balaban J connectivity index is 4.92. The molecule has 0 aliphatic heterocycles. The van der Waals surface area contributed by atoms with Crippen molar-refractivity contribution in [3.8, 4) is 0 Å². The van der Waals surface area contributed by atoms with E-state index in [9.17, 15) is 0 Å². The minimum Gasteiger partial charge on any atom is -0.437 e. The van der Waals surface area contributed by atoms with Crippen LogP contribution in [-0.2, 0) is 25.3 Å². The Morgan fingerprint density at radius 3 is 1.31 bits per heavy atom. The van der Waals surface area contributed by atoms with E-state index in [4.69, 9.17) is 25.3 Å². The van der Waals surface area contributed by atoms with Gasteiger partial charge in [-0.15, -0.1) is 0 Å². The van der Waals surface area contributed by atoms with E-state index >= 15 is 0 Å². The van der Waals surface area contributed by atoms with Crippen molar-refractivity contribution in [2.24, 2.45) is 0 Å². The first kappa shape index (κ1) is 30.1. The second-order valence-electron chi connectivity index (χ2n) is 10.2. The third kappa shape index (κ3) is 15.5. The zero-order valence-corrected chi connectivity index (χ0v) is 27.3. The van der Waals surface area contributed by atoms with E-state index in [-0.39, 0.29) is 0 Å². The van der Waals surface area contributed by atoms with E-state index in [2.05, 4.69) is 72.0 Å². The predicted octanol–water partition coefficient (Wildman–Crippen LogP) is 5.76. The van der Waals surface area contributed by atoms with Crippen molar-refractivity contribution in [3.63, 3.8) is 0 Å². The molecule has 0 atom stereocenters. The molecule has 6 nitrogen and oxygen atoms in total. The van der Waals surface area contributed by atoms with E-state index in [1.54, 1.807) is 0 Å². The minimum absolute atomic E-state index is 0.705. The molecule has 0 bridgehead atoms. The van der Waals surface area contributed by atoms with Crippen LogP contribution >= 0.6 is 0 Å². The van der Waals surface area contributed by atoms with Gasteiger partial charge in [0.05, 0.1) is 0 Å². The van der Waals surface area contributed by atoms with Crippen molar-refractivity contribution in [1.82, 2.24) is 0 Å². The Kier molecular flexibility index (Phi) is 12.2. The smallest absolute Gasteiger partial charge is 0.384 e. The molecule has 0 amide bonds. The summed E-state index contributed by atoms with van der Waals surface area (Å²) in [5.74, 6) is 0. The van der Waals surface area contributed by atoms with Gasteiger partial charge in [0.25, 0.3) is 0 Å². The van der Waals surface area contributed by atoms with Crippen LogP contribution in [0.25, 0.3) is 0 Å². The first-order valence-electron chi connectivity index (χ1n) is 10.7. The molecule has 1 radical (unpaired) electrons. The Morgan fingerprint density at radius 2 is 0.931 bits per heavy atom. The van der Waals surface area contributed by atoms with Gasteiger partial charge in [-0.2, -0.15) is 0 Å². The highest BCUT2D eigenvalue weighted by Crippen LogP contribution is 2.27. The van der Waals surface area contributed by atoms with Crippen LogP contribution in [0.2, 0.25) is 84.1 Å². The van der Waals surface area contributed by atoms with E-state index in [0.717, 1.165) is 12.1 Å². The molecule has 12 heteroatoms. The quantitative estimate of drug-likeness (QED) is 0.258. The molecule has 0 saturated heterocycles. The zero-order valence-electron chi connectivity index (χ0n) is 21.3. The maximum atomic E-state index is 6.68. The number of hydrogen-bond donors (Lipinski definition) is 0. The van der Waals surface area contributed by atoms with Gasteiger partial charge in [-0.25, -0.2) is 0 Å². The van der Waals surface area contributed by atoms with Crippen molar-refractivity contribution < 1.29 is 25.3 Å². The van der Waals surface area contributed by atoms with Crippen LogP contribution in [0.15, 0.2) is 0 Å². The second-order valence-corrected chi connectivity index (χ2v) is 31.9. The fourth-order valence-electron chi connectivity index (χ4n) is 3.61. The lowest BCUT2D eigenvalue weighted by molar-refractivity contribution is 0.214. The summed E-state index contributed by atoms with van der Waals surface area (Å²) in [6.45, 7) is 29.4. The van der Waals surface area contributed by atoms with Crippen LogP contribution in [0.4, 0.5) is 0 Å². The summed E-state index contributed by atoms with van der Waals surface area (Å²) in [6.07, 6.45) is 0. The van der Waals surface area contributed by atoms with Gasteiger partial charge in [0.2, 0.25) is 0 Å². The van der Waals surface area contributed by atoms with Crippen LogP contribution < -0.4 is 0 Å². The van der Waals surface area contributed by atoms with Gasteiger partial charge in [0, 0.05) is 13.2 Å². The lowest BCUT2D eigenvalue weighted by Gasteiger charge is -2.42. The molecule has 175 valence electrons. The van der Waals surface area contributed by atoms with Gasteiger partial charge in [-0.1, -0.05) is 0 Å². The Labute approximate surface area is 187 Å². The van der Waals surface area contributed by atoms with Gasteiger partial charge in [0.15, 0.2) is 16.6 Å². The van der Waals surface area contributed by atoms with Gasteiger partial charge >= 0.3 is 35.0 Å². The fourth-order valence-corrected chi connectivity index (χ4v) is 30.6. The molecule has 0 fully saturated rings. The highest BCUT2D eigenvalue weighted by atomic mass is 28.5. The Bertz CT molecular complexity index is 476. The number of rotatable bonds is 15. The maximum absolute atomic E-state index is 6.68. The lowest BCUT2D eigenvalue weighted by atomic mass is 10.9. The molecule has 0 aliphatic carbocycles. The Morgan fingerprint density at radius 1 is 0.552 bits per heavy atom. The summed E-state index contributed by atoms with van der Waals surface area (Å²) >= 11 is 0. The zero-order chi connectivity index (χ0) is 23.1. The summed E-state index contributed by atoms with van der Waals surface area (Å²) in [5.41, 5.74) is 0. The molecule has 0 heterocycles. The molecular formula is C17H47O6Si6. The normalized spacial score (nSPS) is 14.7. The first-order chi connectivity index (χ1) is 12.8. The highest BCUT2D eigenvalue weighted by Gasteiger charge is 2.45. The minimum atomic E-state index is -2.37. The summed E-state index contributed by atoms with van der Waals surface area (Å²) < 4.78 is 37.7. The van der Waals surface area contributed by atoms with Crippen LogP contribution in [0.5, 0.6) is 0 Å². The molecule has 0 rings (SSSR count). The topological polar surface area (TPSA) is 55.4 Å². The molecule has 0 unspecified atom stereocenters. The van der Waals surface area contributed by atoms with E-state index in [0.29, 0.717) is 13.2 Å². The van der Waals surface area contributed by atoms with Crippen molar-refractivity contribution in [1.29, 1.82) is 0 Å². The molecule has 0 saturated carbocycles. The van der Waals surface area contributed by atoms with Crippen LogP contribution in [-0.4, -0.2) is 64.8 Å². The summed E-state index contributed by atoms with van der Waals surface area (Å²) in [5, 5.41) is 0. The number of hydrogen-bond acceptors (Lipinski definition) is 6. The first-order valence-corrected chi connectivity index (χ1v) is 27.2. The van der Waals surface area contributed by atoms with E-state index < -0.39 is 51.6 Å². The van der Waals surface area contributed by atoms with Crippen molar-refractivity contribution in [2.75, 3.05) is 13.2 Å². The molecule has 0 aromatic carbocycles. The molecule has 0 aromatic heterocycles. The highest BCUT2D eigenvalue weighted by molar-refractivity contribution is 6.90. The van der Waals surface area contributed by atoms with Crippen molar-refractivity contribution >= 4 is 51.6 Å². The van der Waals surface area contributed by atoms with Gasteiger partial charge in [-0.05, 0) is 98.0 Å². The SMILES string of the molecule is CCO[Si](CC[Si](C)(C)O[Si](C)(C)O[Si](C)(C)O[Si](C)(C)O[Si](C)(C)C)OCC. The standard InChI is InChI=1S/C17H47O6Si6/c1-14-18-24(19-15-2)16-17-26(6,7)21-28(10,11)23-29(12,13)22-27(8,9)20-25(3,4)5/h14-17H2,1-13H3. The summed E-state index contributed by atoms with van der Waals surface area (Å²) in [4.78, 5) is 0. The second kappa shape index (κ2) is 11.8. The molecule has 0 spiro atoms.